The van der Waals surface area contributed by atoms with Crippen molar-refractivity contribution >= 4 is 23.2 Å². The highest BCUT2D eigenvalue weighted by molar-refractivity contribution is 6.30. The number of nitrogens with one attached hydrogen (secondary N) is 1. The molecule has 5 nitrogen and oxygen atoms in total. The van der Waals surface area contributed by atoms with Gasteiger partial charge in [-0.25, -0.2) is 4.39 Å². The van der Waals surface area contributed by atoms with Crippen molar-refractivity contribution in [2.24, 2.45) is 0 Å². The Hall–Kier alpha value is -2.18. The van der Waals surface area contributed by atoms with Gasteiger partial charge < -0.3 is 10.2 Å². The van der Waals surface area contributed by atoms with Crippen molar-refractivity contribution < 1.29 is 9.18 Å². The lowest BCUT2D eigenvalue weighted by molar-refractivity contribution is 0.0943. The Morgan fingerprint density at radius 3 is 2.56 bits per heavy atom. The lowest BCUT2D eigenvalue weighted by Crippen LogP contribution is -2.48. The van der Waals surface area contributed by atoms with Crippen molar-refractivity contribution in [3.63, 3.8) is 0 Å². The SMILES string of the molecule is O=C(NCCN1CCN(c2ccc(F)cc2)CC1)c1cc(Cl)ccn1. The molecule has 1 N–H and O–H groups in total. The summed E-state index contributed by atoms with van der Waals surface area (Å²) in [7, 11) is 0. The predicted octanol–water partition coefficient (Wildman–Crippen LogP) is 2.43. The fourth-order valence-electron chi connectivity index (χ4n) is 2.83. The largest absolute Gasteiger partial charge is 0.369 e. The van der Waals surface area contributed by atoms with Crippen LogP contribution in [-0.2, 0) is 0 Å². The standard InChI is InChI=1S/C18H20ClFN4O/c19-14-5-6-21-17(13-14)18(25)22-7-8-23-9-11-24(12-10-23)16-3-1-15(20)2-4-16/h1-6,13H,7-12H2,(H,22,25). The zero-order valence-corrected chi connectivity index (χ0v) is 14.5. The number of pyridine rings is 1. The van der Waals surface area contributed by atoms with Gasteiger partial charge in [0.25, 0.3) is 5.91 Å². The quantitative estimate of drug-likeness (QED) is 0.887. The van der Waals surface area contributed by atoms with E-state index < -0.39 is 0 Å². The van der Waals surface area contributed by atoms with Gasteiger partial charge in [0.05, 0.1) is 0 Å². The zero-order chi connectivity index (χ0) is 17.6. The highest BCUT2D eigenvalue weighted by atomic mass is 35.5. The van der Waals surface area contributed by atoms with Gasteiger partial charge in [0.1, 0.15) is 11.5 Å². The van der Waals surface area contributed by atoms with Crippen molar-refractivity contribution in [2.75, 3.05) is 44.2 Å². The summed E-state index contributed by atoms with van der Waals surface area (Å²) in [6, 6.07) is 9.78. The van der Waals surface area contributed by atoms with Crippen LogP contribution in [0.3, 0.4) is 0 Å². The topological polar surface area (TPSA) is 48.5 Å². The Kier molecular flexibility index (Phi) is 5.83. The molecule has 1 fully saturated rings. The number of halogens is 2. The second-order valence-electron chi connectivity index (χ2n) is 5.92. The van der Waals surface area contributed by atoms with Crippen LogP contribution < -0.4 is 10.2 Å². The van der Waals surface area contributed by atoms with E-state index in [1.807, 2.05) is 12.1 Å². The van der Waals surface area contributed by atoms with Crippen LogP contribution in [0.4, 0.5) is 10.1 Å². The van der Waals surface area contributed by atoms with Gasteiger partial charge in [0, 0.05) is 56.2 Å². The van der Waals surface area contributed by atoms with Gasteiger partial charge in [0.2, 0.25) is 0 Å². The maximum absolute atomic E-state index is 13.0. The first-order valence-electron chi connectivity index (χ1n) is 8.24. The Morgan fingerprint density at radius 1 is 1.16 bits per heavy atom. The van der Waals surface area contributed by atoms with Gasteiger partial charge in [-0.2, -0.15) is 0 Å². The number of benzene rings is 1. The van der Waals surface area contributed by atoms with E-state index in [9.17, 15) is 9.18 Å². The van der Waals surface area contributed by atoms with E-state index in [1.54, 1.807) is 12.1 Å². The lowest BCUT2D eigenvalue weighted by atomic mass is 10.2. The van der Waals surface area contributed by atoms with Gasteiger partial charge in [-0.3, -0.25) is 14.7 Å². The number of nitrogens with zero attached hydrogens (tertiary/aromatic N) is 3. The number of carbonyl (C=O) groups is 1. The van der Waals surface area contributed by atoms with Crippen LogP contribution in [0.1, 0.15) is 10.5 Å². The maximum Gasteiger partial charge on any atom is 0.269 e. The van der Waals surface area contributed by atoms with E-state index in [0.29, 0.717) is 17.3 Å². The third-order valence-corrected chi connectivity index (χ3v) is 4.47. The molecule has 1 aromatic carbocycles. The van der Waals surface area contributed by atoms with Gasteiger partial charge >= 0.3 is 0 Å². The van der Waals surface area contributed by atoms with Gasteiger partial charge in [-0.05, 0) is 36.4 Å². The Bertz CT molecular complexity index is 717. The fraction of sp³-hybridized carbons (Fsp3) is 0.333. The number of hydrogen-bond donors (Lipinski definition) is 1. The van der Waals surface area contributed by atoms with Crippen molar-refractivity contribution in [2.45, 2.75) is 0 Å². The summed E-state index contributed by atoms with van der Waals surface area (Å²) in [5.74, 6) is -0.431. The van der Waals surface area contributed by atoms with Crippen molar-refractivity contribution in [3.05, 3.63) is 59.1 Å². The van der Waals surface area contributed by atoms with Crippen molar-refractivity contribution in [3.8, 4) is 0 Å². The van der Waals surface area contributed by atoms with Gasteiger partial charge in [0.15, 0.2) is 0 Å². The Balaban J connectivity index is 1.40. The molecule has 0 spiro atoms. The van der Waals surface area contributed by atoms with Crippen LogP contribution in [0.5, 0.6) is 0 Å². The second kappa shape index (κ2) is 8.27. The molecule has 1 saturated heterocycles. The molecule has 132 valence electrons. The van der Waals surface area contributed by atoms with E-state index in [0.717, 1.165) is 38.4 Å². The van der Waals surface area contributed by atoms with E-state index in [4.69, 9.17) is 11.6 Å². The molecule has 25 heavy (non-hydrogen) atoms. The fourth-order valence-corrected chi connectivity index (χ4v) is 2.99. The summed E-state index contributed by atoms with van der Waals surface area (Å²) in [6.45, 7) is 4.92. The average molecular weight is 363 g/mol. The molecule has 0 unspecified atom stereocenters. The molecule has 0 aliphatic carbocycles. The molecule has 7 heteroatoms. The number of piperazine rings is 1. The third kappa shape index (κ3) is 4.90. The van der Waals surface area contributed by atoms with Crippen LogP contribution in [0.25, 0.3) is 0 Å². The molecule has 1 amide bonds. The average Bonchev–Trinajstić information content (AvgIpc) is 2.63. The van der Waals surface area contributed by atoms with E-state index in [-0.39, 0.29) is 11.7 Å². The van der Waals surface area contributed by atoms with Crippen LogP contribution in [0.2, 0.25) is 5.02 Å². The summed E-state index contributed by atoms with van der Waals surface area (Å²) in [4.78, 5) is 20.6. The van der Waals surface area contributed by atoms with Crippen molar-refractivity contribution in [1.29, 1.82) is 0 Å². The first-order valence-corrected chi connectivity index (χ1v) is 8.62. The minimum Gasteiger partial charge on any atom is -0.369 e. The molecule has 1 aromatic heterocycles. The minimum atomic E-state index is -0.215. The van der Waals surface area contributed by atoms with Crippen LogP contribution in [0.15, 0.2) is 42.6 Å². The first kappa shape index (κ1) is 17.6. The first-order chi connectivity index (χ1) is 12.1. The number of carbonyl (C=O) groups excluding carboxylic acids is 1. The molecule has 0 atom stereocenters. The molecule has 2 heterocycles. The number of rotatable bonds is 5. The summed E-state index contributed by atoms with van der Waals surface area (Å²) < 4.78 is 13.0. The minimum absolute atomic E-state index is 0.215. The van der Waals surface area contributed by atoms with E-state index >= 15 is 0 Å². The Morgan fingerprint density at radius 2 is 1.88 bits per heavy atom. The van der Waals surface area contributed by atoms with Crippen LogP contribution in [0, 0.1) is 5.82 Å². The number of hydrogen-bond acceptors (Lipinski definition) is 4. The second-order valence-corrected chi connectivity index (χ2v) is 6.36. The number of anilines is 1. The van der Waals surface area contributed by atoms with Crippen LogP contribution in [-0.4, -0.2) is 55.1 Å². The molecule has 2 aromatic rings. The molecule has 0 bridgehead atoms. The smallest absolute Gasteiger partial charge is 0.269 e. The molecule has 1 aliphatic rings. The van der Waals surface area contributed by atoms with Crippen LogP contribution >= 0.6 is 11.6 Å². The molecule has 0 saturated carbocycles. The van der Waals surface area contributed by atoms with Crippen molar-refractivity contribution in [1.82, 2.24) is 15.2 Å². The molecule has 0 radical (unpaired) electrons. The summed E-state index contributed by atoms with van der Waals surface area (Å²) in [5, 5.41) is 3.36. The number of amides is 1. The number of aromatic nitrogens is 1. The highest BCUT2D eigenvalue weighted by Crippen LogP contribution is 2.16. The predicted molar refractivity (Wildman–Crippen MR) is 96.6 cm³/mol. The lowest BCUT2D eigenvalue weighted by Gasteiger charge is -2.36. The summed E-state index contributed by atoms with van der Waals surface area (Å²) >= 11 is 5.86. The molecular formula is C18H20ClFN4O. The Labute approximate surface area is 151 Å². The summed E-state index contributed by atoms with van der Waals surface area (Å²) in [5.41, 5.74) is 1.37. The molecular weight excluding hydrogens is 343 g/mol. The molecule has 3 rings (SSSR count). The van der Waals surface area contributed by atoms with Gasteiger partial charge in [-0.1, -0.05) is 11.6 Å². The monoisotopic (exact) mass is 362 g/mol. The maximum atomic E-state index is 13.0. The third-order valence-electron chi connectivity index (χ3n) is 4.23. The highest BCUT2D eigenvalue weighted by Gasteiger charge is 2.17. The normalized spacial score (nSPS) is 15.2. The van der Waals surface area contributed by atoms with Gasteiger partial charge in [-0.15, -0.1) is 0 Å². The zero-order valence-electron chi connectivity index (χ0n) is 13.8. The van der Waals surface area contributed by atoms with E-state index in [1.165, 1.54) is 18.3 Å². The summed E-state index contributed by atoms with van der Waals surface area (Å²) in [6.07, 6.45) is 1.52. The molecule has 1 aliphatic heterocycles. The van der Waals surface area contributed by atoms with E-state index in [2.05, 4.69) is 20.1 Å².